The molecule has 0 unspecified atom stereocenters. The number of nitriles is 1. The number of fused-ring (bicyclic) bond motifs is 1. The number of β-amino-alcohol motifs (C(OH)–C–C–N with tert-alkyl or cyclic N) is 1. The van der Waals surface area contributed by atoms with Crippen molar-refractivity contribution >= 4 is 39.7 Å². The lowest BCUT2D eigenvalue weighted by Gasteiger charge is -2.39. The summed E-state index contributed by atoms with van der Waals surface area (Å²) in [7, 11) is 1.91. The maximum Gasteiger partial charge on any atom is 0.225 e. The van der Waals surface area contributed by atoms with E-state index in [9.17, 15) is 19.6 Å². The van der Waals surface area contributed by atoms with E-state index in [2.05, 4.69) is 26.3 Å². The van der Waals surface area contributed by atoms with Gasteiger partial charge in [-0.15, -0.1) is 0 Å². The molecule has 2 aliphatic heterocycles. The number of Topliss-reactive ketones (excluding diaryl/α,β-unsaturated/α-hetero) is 1. The summed E-state index contributed by atoms with van der Waals surface area (Å²) in [5.41, 5.74) is 4.62. The Hall–Kier alpha value is -4.77. The average Bonchev–Trinajstić information content (AvgIpc) is 3.79. The van der Waals surface area contributed by atoms with Crippen LogP contribution in [0.5, 0.6) is 0 Å². The quantitative estimate of drug-likeness (QED) is 0.240. The predicted octanol–water partition coefficient (Wildman–Crippen LogP) is 4.37. The highest BCUT2D eigenvalue weighted by Gasteiger charge is 2.34. The number of nitrogens with one attached hydrogen (secondary N) is 1. The van der Waals surface area contributed by atoms with Crippen LogP contribution in [-0.2, 0) is 11.2 Å². The first-order valence-electron chi connectivity index (χ1n) is 15.2. The Morgan fingerprint density at radius 1 is 1.13 bits per heavy atom. The highest BCUT2D eigenvalue weighted by molar-refractivity contribution is 7.16. The van der Waals surface area contributed by atoms with Crippen LogP contribution in [0.3, 0.4) is 0 Å². The molecule has 0 bridgehead atoms. The van der Waals surface area contributed by atoms with Gasteiger partial charge in [0.15, 0.2) is 5.13 Å². The van der Waals surface area contributed by atoms with Gasteiger partial charge in [0.1, 0.15) is 39.7 Å². The van der Waals surface area contributed by atoms with E-state index in [1.807, 2.05) is 54.0 Å². The van der Waals surface area contributed by atoms with Gasteiger partial charge < -0.3 is 20.2 Å². The van der Waals surface area contributed by atoms with Crippen molar-refractivity contribution in [3.63, 3.8) is 0 Å². The standard InChI is InChI=1S/C33H32FN9O2S/c1-3-25-31(41(2)33-40-30(28(12-35)46-33)20-4-7-23(34)8-5-20)43-18-21(6-9-29(43)39-25)22-13-37-32(38-14-22)42-16-19(17-42)10-27(45)26-11-24(44)15-36-26/h4-9,13-14,18-19,24,26,36,44H,3,10-11,15-17H2,1-2H3/t24-,26-/m1/s1. The van der Waals surface area contributed by atoms with Gasteiger partial charge in [-0.25, -0.2) is 24.3 Å². The van der Waals surface area contributed by atoms with Crippen LogP contribution < -0.4 is 15.1 Å². The second-order valence-corrected chi connectivity index (χ2v) is 12.8. The fourth-order valence-electron chi connectivity index (χ4n) is 6.15. The zero-order chi connectivity index (χ0) is 31.9. The Morgan fingerprint density at radius 3 is 2.54 bits per heavy atom. The second kappa shape index (κ2) is 12.2. The molecule has 0 radical (unpaired) electrons. The van der Waals surface area contributed by atoms with Gasteiger partial charge >= 0.3 is 0 Å². The molecular weight excluding hydrogens is 605 g/mol. The number of benzene rings is 1. The number of carbonyl (C=O) groups is 1. The van der Waals surface area contributed by atoms with Crippen molar-refractivity contribution in [1.29, 1.82) is 5.26 Å². The molecule has 11 nitrogen and oxygen atoms in total. The van der Waals surface area contributed by atoms with Gasteiger partial charge in [0.2, 0.25) is 5.95 Å². The molecule has 0 spiro atoms. The lowest BCUT2D eigenvalue weighted by atomic mass is 9.91. The number of hydrogen-bond acceptors (Lipinski definition) is 11. The van der Waals surface area contributed by atoms with Crippen LogP contribution in [0.4, 0.5) is 21.3 Å². The molecule has 2 aliphatic rings. The summed E-state index contributed by atoms with van der Waals surface area (Å²) < 4.78 is 15.6. The summed E-state index contributed by atoms with van der Waals surface area (Å²) in [5.74, 6) is 1.55. The molecule has 1 aromatic carbocycles. The largest absolute Gasteiger partial charge is 0.392 e. The number of aryl methyl sites for hydroxylation is 1. The molecule has 2 saturated heterocycles. The minimum absolute atomic E-state index is 0.164. The number of aliphatic hydroxyl groups is 1. The Kier molecular flexibility index (Phi) is 7.94. The van der Waals surface area contributed by atoms with Gasteiger partial charge in [-0.1, -0.05) is 18.3 Å². The lowest BCUT2D eigenvalue weighted by molar-refractivity contribution is -0.122. The fourth-order valence-corrected chi connectivity index (χ4v) is 7.00. The number of anilines is 3. The highest BCUT2D eigenvalue weighted by Crippen LogP contribution is 2.37. The molecule has 2 N–H and O–H groups in total. The van der Waals surface area contributed by atoms with E-state index in [0.29, 0.717) is 53.0 Å². The van der Waals surface area contributed by atoms with Crippen molar-refractivity contribution in [2.45, 2.75) is 38.3 Å². The molecule has 5 aromatic rings. The normalized spacial score (nSPS) is 18.1. The van der Waals surface area contributed by atoms with Crippen LogP contribution in [0.1, 0.15) is 30.3 Å². The maximum absolute atomic E-state index is 13.5. The molecule has 46 heavy (non-hydrogen) atoms. The monoisotopic (exact) mass is 637 g/mol. The number of rotatable bonds is 9. The van der Waals surface area contributed by atoms with Crippen molar-refractivity contribution in [1.82, 2.24) is 29.7 Å². The van der Waals surface area contributed by atoms with Gasteiger partial charge in [-0.2, -0.15) is 5.26 Å². The number of imidazole rings is 1. The van der Waals surface area contributed by atoms with Crippen LogP contribution in [0.25, 0.3) is 28.0 Å². The van der Waals surface area contributed by atoms with E-state index >= 15 is 0 Å². The smallest absolute Gasteiger partial charge is 0.225 e. The van der Waals surface area contributed by atoms with E-state index in [4.69, 9.17) is 9.97 Å². The van der Waals surface area contributed by atoms with Crippen molar-refractivity contribution in [2.75, 3.05) is 36.5 Å². The SMILES string of the molecule is CCc1nc2ccc(-c3cnc(N4CC(CC(=O)[C@H]5C[C@@H](O)CN5)C4)nc3)cn2c1N(C)c1nc(-c2ccc(F)cc2)c(C#N)s1. The zero-order valence-corrected chi connectivity index (χ0v) is 26.2. The molecule has 0 saturated carbocycles. The Morgan fingerprint density at radius 2 is 1.87 bits per heavy atom. The first-order chi connectivity index (χ1) is 22.3. The first-order valence-corrected chi connectivity index (χ1v) is 16.1. The molecule has 4 aromatic heterocycles. The number of halogens is 1. The molecule has 13 heteroatoms. The summed E-state index contributed by atoms with van der Waals surface area (Å²) in [6.45, 7) is 3.98. The third-order valence-electron chi connectivity index (χ3n) is 8.64. The Labute approximate surface area is 269 Å². The van der Waals surface area contributed by atoms with Gasteiger partial charge in [0, 0.05) is 74.3 Å². The minimum Gasteiger partial charge on any atom is -0.392 e. The summed E-state index contributed by atoms with van der Waals surface area (Å²) >= 11 is 1.28. The first kappa shape index (κ1) is 29.9. The van der Waals surface area contributed by atoms with Crippen LogP contribution in [0.2, 0.25) is 0 Å². The van der Waals surface area contributed by atoms with Gasteiger partial charge in [0.25, 0.3) is 0 Å². The van der Waals surface area contributed by atoms with Crippen LogP contribution in [0.15, 0.2) is 55.0 Å². The molecular formula is C33H32FN9O2S. The second-order valence-electron chi connectivity index (χ2n) is 11.8. The summed E-state index contributed by atoms with van der Waals surface area (Å²) in [4.78, 5) is 35.9. The number of pyridine rings is 1. The number of thiazole rings is 1. The van der Waals surface area contributed by atoms with Gasteiger partial charge in [-0.3, -0.25) is 9.20 Å². The van der Waals surface area contributed by atoms with Crippen molar-refractivity contribution in [3.05, 3.63) is 71.4 Å². The average molecular weight is 638 g/mol. The van der Waals surface area contributed by atoms with E-state index in [1.165, 1.54) is 23.5 Å². The van der Waals surface area contributed by atoms with E-state index < -0.39 is 6.10 Å². The molecule has 7 rings (SSSR count). The highest BCUT2D eigenvalue weighted by atomic mass is 32.1. The molecule has 2 atom stereocenters. The molecule has 234 valence electrons. The number of carbonyl (C=O) groups excluding carboxylic acids is 1. The lowest BCUT2D eigenvalue weighted by Crippen LogP contribution is -2.49. The third-order valence-corrected chi connectivity index (χ3v) is 9.67. The number of aliphatic hydroxyl groups excluding tert-OH is 1. The predicted molar refractivity (Wildman–Crippen MR) is 174 cm³/mol. The molecule has 0 amide bonds. The number of nitrogens with zero attached hydrogens (tertiary/aromatic N) is 8. The third kappa shape index (κ3) is 5.60. The number of hydrogen-bond donors (Lipinski definition) is 2. The van der Waals surface area contributed by atoms with Crippen molar-refractivity contribution in [2.24, 2.45) is 5.92 Å². The number of aromatic nitrogens is 5. The molecule has 2 fully saturated rings. The summed E-state index contributed by atoms with van der Waals surface area (Å²) in [6, 6.07) is 11.9. The molecule has 6 heterocycles. The van der Waals surface area contributed by atoms with Crippen molar-refractivity contribution < 1.29 is 14.3 Å². The van der Waals surface area contributed by atoms with Crippen LogP contribution >= 0.6 is 11.3 Å². The van der Waals surface area contributed by atoms with Crippen LogP contribution in [-0.4, -0.2) is 74.1 Å². The van der Waals surface area contributed by atoms with Gasteiger partial charge in [0.05, 0.1) is 17.8 Å². The minimum atomic E-state index is -0.438. The van der Waals surface area contributed by atoms with E-state index in [1.54, 1.807) is 12.1 Å². The van der Waals surface area contributed by atoms with Crippen molar-refractivity contribution in [3.8, 4) is 28.5 Å². The summed E-state index contributed by atoms with van der Waals surface area (Å²) in [5, 5.41) is 23.3. The van der Waals surface area contributed by atoms with Gasteiger partial charge in [-0.05, 0) is 49.2 Å². The van der Waals surface area contributed by atoms with E-state index in [0.717, 1.165) is 41.4 Å². The van der Waals surface area contributed by atoms with Crippen LogP contribution in [0, 0.1) is 23.1 Å². The van der Waals surface area contributed by atoms with E-state index in [-0.39, 0.29) is 23.6 Å². The topological polar surface area (TPSA) is 136 Å². The zero-order valence-electron chi connectivity index (χ0n) is 25.4. The fraction of sp³-hybridized carbons (Fsp3) is 0.333. The maximum atomic E-state index is 13.5. The molecule has 0 aliphatic carbocycles. The Bertz CT molecular complexity index is 1940. The Balaban J connectivity index is 1.10. The summed E-state index contributed by atoms with van der Waals surface area (Å²) in [6.07, 6.45) is 6.86. The number of ketones is 1.